The molecular weight excluding hydrogens is 240 g/mol. The molecule has 2 aliphatic rings. The fourth-order valence-corrected chi connectivity index (χ4v) is 3.02. The third-order valence-corrected chi connectivity index (χ3v) is 4.28. The first kappa shape index (κ1) is 12.5. The van der Waals surface area contributed by atoms with Crippen LogP contribution in [0.1, 0.15) is 30.9 Å². The molecule has 2 N–H and O–H groups in total. The maximum atomic E-state index is 12.7. The molecule has 0 aliphatic carbocycles. The molecule has 3 rings (SSSR count). The summed E-state index contributed by atoms with van der Waals surface area (Å²) in [4.78, 5) is 14.5. The maximum Gasteiger partial charge on any atom is 0.258 e. The standard InChI is InChI=1S/C15H20N2O2/c1-10-8-11-4-6-17(13(11)9-12(10)16)14(18)15(2)5-3-7-19-15/h8-9H,3-7,16H2,1-2H3. The third-order valence-electron chi connectivity index (χ3n) is 4.28. The fraction of sp³-hybridized carbons (Fsp3) is 0.533. The molecule has 2 aliphatic heterocycles. The van der Waals surface area contributed by atoms with Crippen LogP contribution < -0.4 is 10.6 Å². The van der Waals surface area contributed by atoms with E-state index in [1.54, 1.807) is 0 Å². The molecule has 1 amide bonds. The Kier molecular flexibility index (Phi) is 2.78. The number of anilines is 2. The number of rotatable bonds is 1. The van der Waals surface area contributed by atoms with E-state index in [0.717, 1.165) is 42.7 Å². The van der Waals surface area contributed by atoms with Gasteiger partial charge in [-0.25, -0.2) is 0 Å². The molecule has 1 unspecified atom stereocenters. The van der Waals surface area contributed by atoms with Crippen molar-refractivity contribution in [3.8, 4) is 0 Å². The van der Waals surface area contributed by atoms with Gasteiger partial charge in [0.05, 0.1) is 0 Å². The predicted molar refractivity (Wildman–Crippen MR) is 75.2 cm³/mol. The largest absolute Gasteiger partial charge is 0.398 e. The van der Waals surface area contributed by atoms with Gasteiger partial charge in [0.25, 0.3) is 5.91 Å². The molecule has 4 heteroatoms. The van der Waals surface area contributed by atoms with Crippen molar-refractivity contribution in [1.82, 2.24) is 0 Å². The number of amides is 1. The molecule has 0 radical (unpaired) electrons. The van der Waals surface area contributed by atoms with Gasteiger partial charge >= 0.3 is 0 Å². The van der Waals surface area contributed by atoms with Gasteiger partial charge < -0.3 is 15.4 Å². The van der Waals surface area contributed by atoms with Gasteiger partial charge in [-0.05, 0) is 50.3 Å². The monoisotopic (exact) mass is 260 g/mol. The number of nitrogens with zero attached hydrogens (tertiary/aromatic N) is 1. The zero-order valence-corrected chi connectivity index (χ0v) is 11.5. The van der Waals surface area contributed by atoms with Crippen molar-refractivity contribution < 1.29 is 9.53 Å². The predicted octanol–water partition coefficient (Wildman–Crippen LogP) is 2.04. The number of carbonyl (C=O) groups excluding carboxylic acids is 1. The quantitative estimate of drug-likeness (QED) is 0.786. The zero-order chi connectivity index (χ0) is 13.6. The third kappa shape index (κ3) is 1.91. The smallest absolute Gasteiger partial charge is 0.258 e. The van der Waals surface area contributed by atoms with Gasteiger partial charge in [0.1, 0.15) is 5.60 Å². The molecule has 0 saturated carbocycles. The molecule has 4 nitrogen and oxygen atoms in total. The van der Waals surface area contributed by atoms with Crippen molar-refractivity contribution in [2.45, 2.75) is 38.7 Å². The van der Waals surface area contributed by atoms with Crippen molar-refractivity contribution in [2.24, 2.45) is 0 Å². The number of nitrogens with two attached hydrogens (primary N) is 1. The number of carbonyl (C=O) groups is 1. The Morgan fingerprint density at radius 3 is 2.95 bits per heavy atom. The molecule has 2 heterocycles. The lowest BCUT2D eigenvalue weighted by Crippen LogP contribution is -2.46. The molecular formula is C15H20N2O2. The van der Waals surface area contributed by atoms with Crippen molar-refractivity contribution in [3.05, 3.63) is 23.3 Å². The highest BCUT2D eigenvalue weighted by atomic mass is 16.5. The molecule has 0 bridgehead atoms. The van der Waals surface area contributed by atoms with Crippen molar-refractivity contribution in [1.29, 1.82) is 0 Å². The van der Waals surface area contributed by atoms with Gasteiger partial charge in [-0.2, -0.15) is 0 Å². The summed E-state index contributed by atoms with van der Waals surface area (Å²) >= 11 is 0. The summed E-state index contributed by atoms with van der Waals surface area (Å²) in [5.41, 5.74) is 9.32. The first-order chi connectivity index (χ1) is 9.01. The van der Waals surface area contributed by atoms with Gasteiger partial charge in [0.2, 0.25) is 0 Å². The molecule has 1 fully saturated rings. The van der Waals surface area contributed by atoms with Crippen LogP contribution >= 0.6 is 0 Å². The summed E-state index contributed by atoms with van der Waals surface area (Å²) in [6.07, 6.45) is 2.66. The normalized spacial score (nSPS) is 25.7. The van der Waals surface area contributed by atoms with Crippen LogP contribution in [0.5, 0.6) is 0 Å². The minimum Gasteiger partial charge on any atom is -0.398 e. The lowest BCUT2D eigenvalue weighted by Gasteiger charge is -2.28. The molecule has 1 atom stereocenters. The van der Waals surface area contributed by atoms with E-state index in [0.29, 0.717) is 6.61 Å². The van der Waals surface area contributed by atoms with E-state index in [-0.39, 0.29) is 5.91 Å². The topological polar surface area (TPSA) is 55.6 Å². The van der Waals surface area contributed by atoms with E-state index in [1.807, 2.05) is 24.8 Å². The molecule has 102 valence electrons. The molecule has 1 aromatic rings. The Morgan fingerprint density at radius 1 is 1.47 bits per heavy atom. The number of aryl methyl sites for hydroxylation is 1. The van der Waals surface area contributed by atoms with E-state index < -0.39 is 5.60 Å². The van der Waals surface area contributed by atoms with Crippen molar-refractivity contribution in [3.63, 3.8) is 0 Å². The van der Waals surface area contributed by atoms with Gasteiger partial charge in [0, 0.05) is 24.5 Å². The van der Waals surface area contributed by atoms with E-state index in [1.165, 1.54) is 5.56 Å². The second-order valence-electron chi connectivity index (χ2n) is 5.73. The van der Waals surface area contributed by atoms with Crippen LogP contribution in [0.15, 0.2) is 12.1 Å². The first-order valence-electron chi connectivity index (χ1n) is 6.86. The number of fused-ring (bicyclic) bond motifs is 1. The second kappa shape index (κ2) is 4.23. The number of ether oxygens (including phenoxy) is 1. The van der Waals surface area contributed by atoms with E-state index >= 15 is 0 Å². The number of benzene rings is 1. The second-order valence-corrected chi connectivity index (χ2v) is 5.73. The molecule has 0 spiro atoms. The summed E-state index contributed by atoms with van der Waals surface area (Å²) in [5.74, 6) is 0.0759. The highest BCUT2D eigenvalue weighted by molar-refractivity contribution is 6.01. The zero-order valence-electron chi connectivity index (χ0n) is 11.5. The van der Waals surface area contributed by atoms with E-state index in [4.69, 9.17) is 10.5 Å². The highest BCUT2D eigenvalue weighted by Gasteiger charge is 2.42. The average Bonchev–Trinajstić information content (AvgIpc) is 2.97. The summed E-state index contributed by atoms with van der Waals surface area (Å²) in [6.45, 7) is 5.31. The Balaban J connectivity index is 1.94. The van der Waals surface area contributed by atoms with Gasteiger partial charge in [-0.1, -0.05) is 6.07 Å². The summed E-state index contributed by atoms with van der Waals surface area (Å²) in [6, 6.07) is 4.02. The molecule has 0 aromatic heterocycles. The fourth-order valence-electron chi connectivity index (χ4n) is 3.02. The lowest BCUT2D eigenvalue weighted by molar-refractivity contribution is -0.136. The van der Waals surface area contributed by atoms with Crippen LogP contribution in [0.4, 0.5) is 11.4 Å². The van der Waals surface area contributed by atoms with Crippen LogP contribution in [0.3, 0.4) is 0 Å². The van der Waals surface area contributed by atoms with Crippen LogP contribution in [0.2, 0.25) is 0 Å². The lowest BCUT2D eigenvalue weighted by atomic mass is 10.0. The Labute approximate surface area is 113 Å². The van der Waals surface area contributed by atoms with E-state index in [2.05, 4.69) is 6.07 Å². The van der Waals surface area contributed by atoms with Crippen LogP contribution in [0.25, 0.3) is 0 Å². The minimum absolute atomic E-state index is 0.0759. The Bertz CT molecular complexity index is 533. The van der Waals surface area contributed by atoms with Gasteiger partial charge in [-0.3, -0.25) is 4.79 Å². The highest BCUT2D eigenvalue weighted by Crippen LogP contribution is 2.36. The number of hydrogen-bond acceptors (Lipinski definition) is 3. The van der Waals surface area contributed by atoms with Crippen molar-refractivity contribution in [2.75, 3.05) is 23.8 Å². The number of hydrogen-bond donors (Lipinski definition) is 1. The number of nitrogen functional groups attached to an aromatic ring is 1. The summed E-state index contributed by atoms with van der Waals surface area (Å²) < 4.78 is 5.66. The maximum absolute atomic E-state index is 12.7. The van der Waals surface area contributed by atoms with Crippen molar-refractivity contribution >= 4 is 17.3 Å². The minimum atomic E-state index is -0.652. The molecule has 1 saturated heterocycles. The van der Waals surface area contributed by atoms with Gasteiger partial charge in [0.15, 0.2) is 0 Å². The average molecular weight is 260 g/mol. The van der Waals surface area contributed by atoms with Gasteiger partial charge in [-0.15, -0.1) is 0 Å². The van der Waals surface area contributed by atoms with Crippen LogP contribution in [-0.2, 0) is 16.0 Å². The first-order valence-corrected chi connectivity index (χ1v) is 6.86. The Hall–Kier alpha value is -1.55. The van der Waals surface area contributed by atoms with E-state index in [9.17, 15) is 4.79 Å². The molecule has 19 heavy (non-hydrogen) atoms. The summed E-state index contributed by atoms with van der Waals surface area (Å²) in [7, 11) is 0. The SMILES string of the molecule is Cc1cc2c(cc1N)N(C(=O)C1(C)CCCO1)CC2. The Morgan fingerprint density at radius 2 is 2.26 bits per heavy atom. The van der Waals surface area contributed by atoms with Crippen LogP contribution in [0, 0.1) is 6.92 Å². The molecule has 1 aromatic carbocycles. The summed E-state index contributed by atoms with van der Waals surface area (Å²) in [5, 5.41) is 0. The van der Waals surface area contributed by atoms with Crippen LogP contribution in [-0.4, -0.2) is 24.7 Å².